The molecule has 0 radical (unpaired) electrons. The number of anilines is 2. The van der Waals surface area contributed by atoms with E-state index in [1.807, 2.05) is 60.4 Å². The lowest BCUT2D eigenvalue weighted by Crippen LogP contribution is -2.50. The van der Waals surface area contributed by atoms with Crippen molar-refractivity contribution >= 4 is 23.2 Å². The number of carbonyl (C=O) groups excluding carboxylic acids is 2. The first-order chi connectivity index (χ1) is 14.1. The Morgan fingerprint density at radius 3 is 2.38 bits per heavy atom. The average molecular weight is 393 g/mol. The Morgan fingerprint density at radius 2 is 1.69 bits per heavy atom. The second kappa shape index (κ2) is 8.15. The van der Waals surface area contributed by atoms with Crippen LogP contribution in [0.3, 0.4) is 0 Å². The smallest absolute Gasteiger partial charge is 0.228 e. The molecule has 4 rings (SSSR count). The maximum atomic E-state index is 13.0. The van der Waals surface area contributed by atoms with Crippen LogP contribution in [0.25, 0.3) is 0 Å². The summed E-state index contributed by atoms with van der Waals surface area (Å²) in [6.45, 7) is 5.32. The van der Waals surface area contributed by atoms with Crippen LogP contribution >= 0.6 is 0 Å². The number of piperazine rings is 1. The molecule has 2 aromatic carbocycles. The number of nitrogens with zero attached hydrogens (tertiary/aromatic N) is 3. The van der Waals surface area contributed by atoms with Gasteiger partial charge in [0.2, 0.25) is 11.8 Å². The van der Waals surface area contributed by atoms with Crippen molar-refractivity contribution in [2.24, 2.45) is 5.92 Å². The highest BCUT2D eigenvalue weighted by atomic mass is 16.5. The normalized spacial score (nSPS) is 19.6. The summed E-state index contributed by atoms with van der Waals surface area (Å²) in [4.78, 5) is 31.4. The maximum absolute atomic E-state index is 13.0. The van der Waals surface area contributed by atoms with Crippen molar-refractivity contribution in [3.8, 4) is 5.75 Å². The number of carbonyl (C=O) groups is 2. The number of amides is 2. The molecule has 2 aliphatic heterocycles. The van der Waals surface area contributed by atoms with Gasteiger partial charge in [-0.3, -0.25) is 9.59 Å². The van der Waals surface area contributed by atoms with Gasteiger partial charge in [-0.2, -0.15) is 0 Å². The summed E-state index contributed by atoms with van der Waals surface area (Å²) in [6.07, 6.45) is 0.291. The molecule has 0 bridgehead atoms. The topological polar surface area (TPSA) is 53.1 Å². The third-order valence-electron chi connectivity index (χ3n) is 5.84. The molecule has 2 aromatic rings. The van der Waals surface area contributed by atoms with E-state index in [1.165, 1.54) is 0 Å². The fraction of sp³-hybridized carbons (Fsp3) is 0.391. The zero-order valence-electron chi connectivity index (χ0n) is 17.0. The molecule has 2 aliphatic rings. The minimum atomic E-state index is -0.262. The summed E-state index contributed by atoms with van der Waals surface area (Å²) >= 11 is 0. The number of hydrogen-bond acceptors (Lipinski definition) is 4. The minimum absolute atomic E-state index is 0.0276. The van der Waals surface area contributed by atoms with E-state index in [0.29, 0.717) is 26.1 Å². The Bertz CT molecular complexity index is 888. The van der Waals surface area contributed by atoms with E-state index >= 15 is 0 Å². The first-order valence-corrected chi connectivity index (χ1v) is 10.1. The number of ether oxygens (including phenoxy) is 1. The third kappa shape index (κ3) is 3.92. The molecule has 6 heteroatoms. The SMILES string of the molecule is COc1ccccc1N1CCN(C(=O)C2CC(=O)N(c3ccc(C)cc3)C2)CC1. The summed E-state index contributed by atoms with van der Waals surface area (Å²) in [6, 6.07) is 15.8. The van der Waals surface area contributed by atoms with Crippen LogP contribution in [0.2, 0.25) is 0 Å². The molecule has 0 N–H and O–H groups in total. The lowest BCUT2D eigenvalue weighted by atomic mass is 10.1. The van der Waals surface area contributed by atoms with Gasteiger partial charge in [0.25, 0.3) is 0 Å². The molecule has 2 saturated heterocycles. The molecule has 0 saturated carbocycles. The number of methoxy groups -OCH3 is 1. The Balaban J connectivity index is 1.37. The van der Waals surface area contributed by atoms with Crippen molar-refractivity contribution < 1.29 is 14.3 Å². The van der Waals surface area contributed by atoms with E-state index in [1.54, 1.807) is 12.0 Å². The van der Waals surface area contributed by atoms with Crippen LogP contribution < -0.4 is 14.5 Å². The quantitative estimate of drug-likeness (QED) is 0.802. The van der Waals surface area contributed by atoms with Gasteiger partial charge in [0.15, 0.2) is 0 Å². The van der Waals surface area contributed by atoms with Crippen molar-refractivity contribution in [3.63, 3.8) is 0 Å². The van der Waals surface area contributed by atoms with E-state index in [0.717, 1.165) is 35.8 Å². The van der Waals surface area contributed by atoms with Crippen LogP contribution in [0, 0.1) is 12.8 Å². The lowest BCUT2D eigenvalue weighted by molar-refractivity contribution is -0.136. The van der Waals surface area contributed by atoms with Gasteiger partial charge in [-0.05, 0) is 31.2 Å². The van der Waals surface area contributed by atoms with E-state index < -0.39 is 0 Å². The Labute approximate surface area is 171 Å². The maximum Gasteiger partial charge on any atom is 0.228 e. The second-order valence-corrected chi connectivity index (χ2v) is 7.73. The fourth-order valence-corrected chi connectivity index (χ4v) is 4.16. The number of benzene rings is 2. The molecule has 152 valence electrons. The Morgan fingerprint density at radius 1 is 1.00 bits per heavy atom. The van der Waals surface area contributed by atoms with Crippen LogP contribution in [0.4, 0.5) is 11.4 Å². The van der Waals surface area contributed by atoms with Crippen molar-refractivity contribution in [2.75, 3.05) is 49.6 Å². The summed E-state index contributed by atoms with van der Waals surface area (Å²) in [7, 11) is 1.68. The molecule has 29 heavy (non-hydrogen) atoms. The molecular weight excluding hydrogens is 366 g/mol. The highest BCUT2D eigenvalue weighted by Crippen LogP contribution is 2.30. The van der Waals surface area contributed by atoms with E-state index in [4.69, 9.17) is 4.74 Å². The predicted octanol–water partition coefficient (Wildman–Crippen LogP) is 2.71. The van der Waals surface area contributed by atoms with Gasteiger partial charge in [-0.15, -0.1) is 0 Å². The van der Waals surface area contributed by atoms with E-state index in [-0.39, 0.29) is 17.7 Å². The standard InChI is InChI=1S/C23H27N3O3/c1-17-7-9-19(10-8-17)26-16-18(15-22(26)27)23(28)25-13-11-24(12-14-25)20-5-3-4-6-21(20)29-2/h3-10,18H,11-16H2,1-2H3. The van der Waals surface area contributed by atoms with Crippen molar-refractivity contribution in [1.82, 2.24) is 4.90 Å². The second-order valence-electron chi connectivity index (χ2n) is 7.73. The summed E-state index contributed by atoms with van der Waals surface area (Å²) in [5.74, 6) is 0.705. The highest BCUT2D eigenvalue weighted by molar-refractivity contribution is 6.00. The van der Waals surface area contributed by atoms with Gasteiger partial charge in [-0.1, -0.05) is 29.8 Å². The van der Waals surface area contributed by atoms with Gasteiger partial charge in [0, 0.05) is 44.8 Å². The molecule has 1 atom stereocenters. The largest absolute Gasteiger partial charge is 0.495 e. The van der Waals surface area contributed by atoms with Crippen LogP contribution in [0.1, 0.15) is 12.0 Å². The minimum Gasteiger partial charge on any atom is -0.495 e. The zero-order valence-corrected chi connectivity index (χ0v) is 17.0. The lowest BCUT2D eigenvalue weighted by Gasteiger charge is -2.37. The first-order valence-electron chi connectivity index (χ1n) is 10.1. The predicted molar refractivity (Wildman–Crippen MR) is 113 cm³/mol. The number of rotatable bonds is 4. The number of hydrogen-bond donors (Lipinski definition) is 0. The highest BCUT2D eigenvalue weighted by Gasteiger charge is 2.38. The summed E-state index contributed by atoms with van der Waals surface area (Å²) in [5.41, 5.74) is 3.08. The van der Waals surface area contributed by atoms with Gasteiger partial charge < -0.3 is 19.4 Å². The molecule has 0 aromatic heterocycles. The molecule has 2 amide bonds. The van der Waals surface area contributed by atoms with Gasteiger partial charge in [-0.25, -0.2) is 0 Å². The number of aryl methyl sites for hydroxylation is 1. The fourth-order valence-electron chi connectivity index (χ4n) is 4.16. The van der Waals surface area contributed by atoms with Crippen molar-refractivity contribution in [1.29, 1.82) is 0 Å². The molecular formula is C23H27N3O3. The first kappa shape index (κ1) is 19.3. The average Bonchev–Trinajstić information content (AvgIpc) is 3.15. The molecule has 6 nitrogen and oxygen atoms in total. The van der Waals surface area contributed by atoms with E-state index in [9.17, 15) is 9.59 Å². The van der Waals surface area contributed by atoms with Gasteiger partial charge in [0.05, 0.1) is 18.7 Å². The summed E-state index contributed by atoms with van der Waals surface area (Å²) in [5, 5.41) is 0. The van der Waals surface area contributed by atoms with Crippen molar-refractivity contribution in [2.45, 2.75) is 13.3 Å². The van der Waals surface area contributed by atoms with E-state index in [2.05, 4.69) is 4.90 Å². The van der Waals surface area contributed by atoms with Crippen LogP contribution in [-0.4, -0.2) is 56.5 Å². The van der Waals surface area contributed by atoms with Crippen LogP contribution in [0.15, 0.2) is 48.5 Å². The molecule has 1 unspecified atom stereocenters. The molecule has 2 heterocycles. The third-order valence-corrected chi connectivity index (χ3v) is 5.84. The van der Waals surface area contributed by atoms with Gasteiger partial charge >= 0.3 is 0 Å². The monoisotopic (exact) mass is 393 g/mol. The van der Waals surface area contributed by atoms with Crippen molar-refractivity contribution in [3.05, 3.63) is 54.1 Å². The Hall–Kier alpha value is -3.02. The number of para-hydroxylation sites is 2. The molecule has 2 fully saturated rings. The zero-order chi connectivity index (χ0) is 20.4. The molecule has 0 aliphatic carbocycles. The van der Waals surface area contributed by atoms with Crippen LogP contribution in [-0.2, 0) is 9.59 Å². The molecule has 0 spiro atoms. The van der Waals surface area contributed by atoms with Crippen LogP contribution in [0.5, 0.6) is 5.75 Å². The Kier molecular flexibility index (Phi) is 5.43. The summed E-state index contributed by atoms with van der Waals surface area (Å²) < 4.78 is 5.46. The van der Waals surface area contributed by atoms with Gasteiger partial charge in [0.1, 0.15) is 5.75 Å².